The van der Waals surface area contributed by atoms with E-state index in [2.05, 4.69) is 18.0 Å². The third-order valence-electron chi connectivity index (χ3n) is 4.23. The fourth-order valence-electron chi connectivity index (χ4n) is 3.39. The van der Waals surface area contributed by atoms with Crippen LogP contribution < -0.4 is 0 Å². The first-order valence-electron chi connectivity index (χ1n) is 5.55. The highest BCUT2D eigenvalue weighted by molar-refractivity contribution is 6.31. The van der Waals surface area contributed by atoms with Crippen molar-refractivity contribution in [2.24, 2.45) is 5.92 Å². The summed E-state index contributed by atoms with van der Waals surface area (Å²) in [5.41, 5.74) is 5.87. The first-order valence-corrected chi connectivity index (χ1v) is 5.93. The lowest BCUT2D eigenvalue weighted by Crippen LogP contribution is -2.11. The van der Waals surface area contributed by atoms with E-state index < -0.39 is 0 Å². The third kappa shape index (κ3) is 0.792. The SMILES string of the molecule is CC1C2=C3C(C2)C3c2c(Cl)cc(C#N)nc21. The number of pyridine rings is 1. The van der Waals surface area contributed by atoms with Gasteiger partial charge in [-0.3, -0.25) is 0 Å². The lowest BCUT2D eigenvalue weighted by atomic mass is 9.84. The molecule has 0 N–H and O–H groups in total. The minimum Gasteiger partial charge on any atom is -0.241 e. The Morgan fingerprint density at radius 2 is 2.38 bits per heavy atom. The van der Waals surface area contributed by atoms with Gasteiger partial charge in [-0.25, -0.2) is 4.98 Å². The predicted octanol–water partition coefficient (Wildman–Crippen LogP) is 3.14. The Morgan fingerprint density at radius 1 is 1.56 bits per heavy atom. The molecule has 1 aromatic rings. The Morgan fingerprint density at radius 3 is 3.12 bits per heavy atom. The summed E-state index contributed by atoms with van der Waals surface area (Å²) in [5, 5.41) is 9.65. The van der Waals surface area contributed by atoms with Crippen LogP contribution in [-0.4, -0.2) is 4.98 Å². The molecule has 16 heavy (non-hydrogen) atoms. The van der Waals surface area contributed by atoms with Crippen LogP contribution in [0, 0.1) is 17.2 Å². The molecule has 3 aliphatic rings. The molecule has 3 unspecified atom stereocenters. The maximum Gasteiger partial charge on any atom is 0.142 e. The lowest BCUT2D eigenvalue weighted by molar-refractivity contribution is 0.703. The van der Waals surface area contributed by atoms with Crippen LogP contribution in [0.1, 0.15) is 42.1 Å². The molecule has 1 heterocycles. The average Bonchev–Trinajstić information content (AvgIpc) is 2.84. The Balaban J connectivity index is 2.01. The second-order valence-electron chi connectivity index (χ2n) is 4.89. The zero-order valence-electron chi connectivity index (χ0n) is 8.79. The van der Waals surface area contributed by atoms with Crippen LogP contribution in [0.5, 0.6) is 0 Å². The highest BCUT2D eigenvalue weighted by atomic mass is 35.5. The second kappa shape index (κ2) is 2.49. The van der Waals surface area contributed by atoms with E-state index >= 15 is 0 Å². The van der Waals surface area contributed by atoms with Crippen molar-refractivity contribution in [3.8, 4) is 6.07 Å². The highest BCUT2D eigenvalue weighted by Gasteiger charge is 2.59. The van der Waals surface area contributed by atoms with E-state index in [0.717, 1.165) is 16.6 Å². The molecule has 3 heteroatoms. The Bertz CT molecular complexity index is 609. The second-order valence-corrected chi connectivity index (χ2v) is 5.30. The molecule has 0 radical (unpaired) electrons. The van der Waals surface area contributed by atoms with Crippen molar-refractivity contribution in [3.05, 3.63) is 39.2 Å². The van der Waals surface area contributed by atoms with Crippen molar-refractivity contribution in [2.75, 3.05) is 0 Å². The van der Waals surface area contributed by atoms with Crippen LogP contribution >= 0.6 is 11.6 Å². The van der Waals surface area contributed by atoms with Crippen molar-refractivity contribution in [2.45, 2.75) is 25.2 Å². The maximum absolute atomic E-state index is 8.92. The van der Waals surface area contributed by atoms with Gasteiger partial charge in [-0.05, 0) is 18.4 Å². The molecule has 3 atom stereocenters. The topological polar surface area (TPSA) is 36.7 Å². The zero-order valence-corrected chi connectivity index (χ0v) is 9.54. The van der Waals surface area contributed by atoms with Gasteiger partial charge in [-0.15, -0.1) is 0 Å². The number of aromatic nitrogens is 1. The van der Waals surface area contributed by atoms with Gasteiger partial charge in [0, 0.05) is 22.4 Å². The van der Waals surface area contributed by atoms with Gasteiger partial charge in [0.2, 0.25) is 0 Å². The van der Waals surface area contributed by atoms with Gasteiger partial charge >= 0.3 is 0 Å². The molecule has 78 valence electrons. The summed E-state index contributed by atoms with van der Waals surface area (Å²) in [6, 6.07) is 3.79. The van der Waals surface area contributed by atoms with Gasteiger partial charge < -0.3 is 0 Å². The minimum atomic E-state index is 0.366. The van der Waals surface area contributed by atoms with Crippen LogP contribution in [0.3, 0.4) is 0 Å². The van der Waals surface area contributed by atoms with E-state index in [9.17, 15) is 0 Å². The average molecular weight is 229 g/mol. The summed E-state index contributed by atoms with van der Waals surface area (Å²) in [6.07, 6.45) is 1.22. The first kappa shape index (κ1) is 8.78. The number of nitrogens with zero attached hydrogens (tertiary/aromatic N) is 2. The molecule has 1 saturated carbocycles. The fourth-order valence-corrected chi connectivity index (χ4v) is 3.71. The number of hydrogen-bond donors (Lipinski definition) is 0. The molecule has 0 saturated heterocycles. The minimum absolute atomic E-state index is 0.366. The predicted molar refractivity (Wildman–Crippen MR) is 60.3 cm³/mol. The number of rotatable bonds is 0. The molecule has 1 fully saturated rings. The molecule has 0 bridgehead atoms. The van der Waals surface area contributed by atoms with Crippen LogP contribution in [0.15, 0.2) is 17.2 Å². The number of fused-ring (bicyclic) bond motifs is 3. The van der Waals surface area contributed by atoms with Crippen molar-refractivity contribution in [1.29, 1.82) is 5.26 Å². The number of halogens is 1. The standard InChI is InChI=1S/C13H9ClN2/c1-5-7-3-8-10(7)11(8)12-9(14)2-6(4-15)16-13(5)12/h2,5,8,11H,3H2,1H3. The summed E-state index contributed by atoms with van der Waals surface area (Å²) in [6.45, 7) is 2.18. The number of allylic oxidation sites excluding steroid dienone is 2. The number of hydrogen-bond acceptors (Lipinski definition) is 2. The molecule has 0 aromatic carbocycles. The molecule has 0 spiro atoms. The van der Waals surface area contributed by atoms with Crippen LogP contribution in [0.25, 0.3) is 0 Å². The third-order valence-corrected chi connectivity index (χ3v) is 4.55. The van der Waals surface area contributed by atoms with Crippen LogP contribution in [0.2, 0.25) is 5.02 Å². The molecule has 4 rings (SSSR count). The molecular formula is C13H9ClN2. The van der Waals surface area contributed by atoms with Crippen molar-refractivity contribution >= 4 is 11.6 Å². The Hall–Kier alpha value is -1.33. The van der Waals surface area contributed by atoms with E-state index in [4.69, 9.17) is 16.9 Å². The van der Waals surface area contributed by atoms with Crippen LogP contribution in [0.4, 0.5) is 0 Å². The number of nitriles is 1. The summed E-state index contributed by atoms with van der Waals surface area (Å²) >= 11 is 6.28. The normalized spacial score (nSPS) is 32.4. The van der Waals surface area contributed by atoms with Gasteiger partial charge in [0.05, 0.1) is 5.69 Å². The summed E-state index contributed by atoms with van der Waals surface area (Å²) in [4.78, 5) is 4.45. The first-order chi connectivity index (χ1) is 7.72. The zero-order chi connectivity index (χ0) is 11.0. The summed E-state index contributed by atoms with van der Waals surface area (Å²) in [5.74, 6) is 1.67. The molecule has 0 amide bonds. The molecular weight excluding hydrogens is 220 g/mol. The van der Waals surface area contributed by atoms with E-state index in [-0.39, 0.29) is 0 Å². The molecule has 3 aliphatic carbocycles. The summed E-state index contributed by atoms with van der Waals surface area (Å²) < 4.78 is 0. The van der Waals surface area contributed by atoms with Crippen molar-refractivity contribution < 1.29 is 0 Å². The Kier molecular flexibility index (Phi) is 1.37. The van der Waals surface area contributed by atoms with Gasteiger partial charge in [0.1, 0.15) is 11.8 Å². The summed E-state index contributed by atoms with van der Waals surface area (Å²) in [7, 11) is 0. The molecule has 2 nitrogen and oxygen atoms in total. The Labute approximate surface area is 98.6 Å². The van der Waals surface area contributed by atoms with Gasteiger partial charge in [0.25, 0.3) is 0 Å². The maximum atomic E-state index is 8.92. The smallest absolute Gasteiger partial charge is 0.142 e. The monoisotopic (exact) mass is 228 g/mol. The van der Waals surface area contributed by atoms with Crippen molar-refractivity contribution in [1.82, 2.24) is 4.98 Å². The quantitative estimate of drug-likeness (QED) is 0.640. The van der Waals surface area contributed by atoms with Gasteiger partial charge in [0.15, 0.2) is 0 Å². The van der Waals surface area contributed by atoms with E-state index in [1.807, 2.05) is 0 Å². The van der Waals surface area contributed by atoms with E-state index in [0.29, 0.717) is 17.5 Å². The fraction of sp³-hybridized carbons (Fsp3) is 0.385. The molecule has 0 aliphatic heterocycles. The molecule has 1 aromatic heterocycles. The largest absolute Gasteiger partial charge is 0.241 e. The van der Waals surface area contributed by atoms with E-state index in [1.165, 1.54) is 12.0 Å². The van der Waals surface area contributed by atoms with E-state index in [1.54, 1.807) is 17.2 Å². The van der Waals surface area contributed by atoms with Crippen LogP contribution in [-0.2, 0) is 0 Å². The van der Waals surface area contributed by atoms with Gasteiger partial charge in [-0.1, -0.05) is 29.7 Å². The lowest BCUT2D eigenvalue weighted by Gasteiger charge is -2.23. The highest BCUT2D eigenvalue weighted by Crippen LogP contribution is 2.72. The van der Waals surface area contributed by atoms with Crippen molar-refractivity contribution in [3.63, 3.8) is 0 Å². The van der Waals surface area contributed by atoms with Gasteiger partial charge in [-0.2, -0.15) is 5.26 Å².